The van der Waals surface area contributed by atoms with E-state index < -0.39 is 6.09 Å². The molecule has 0 bridgehead atoms. The van der Waals surface area contributed by atoms with Crippen LogP contribution < -0.4 is 5.32 Å². The first-order chi connectivity index (χ1) is 9.87. The molecule has 0 aromatic heterocycles. The van der Waals surface area contributed by atoms with E-state index in [1.165, 1.54) is 0 Å². The number of ether oxygens (including phenoxy) is 1. The third-order valence-corrected chi connectivity index (χ3v) is 3.87. The first-order valence-electron chi connectivity index (χ1n) is 7.29. The van der Waals surface area contributed by atoms with Crippen molar-refractivity contribution in [1.29, 1.82) is 0 Å². The molecular formula is C17H23NO3. The Morgan fingerprint density at radius 3 is 2.57 bits per heavy atom. The second-order valence-electron chi connectivity index (χ2n) is 6.96. The molecule has 1 saturated carbocycles. The molecule has 0 heterocycles. The molecule has 21 heavy (non-hydrogen) atoms. The van der Waals surface area contributed by atoms with Crippen LogP contribution in [-0.4, -0.2) is 25.5 Å². The molecule has 0 spiro atoms. The molecule has 1 aromatic carbocycles. The van der Waals surface area contributed by atoms with E-state index in [2.05, 4.69) is 5.32 Å². The van der Waals surface area contributed by atoms with Crippen molar-refractivity contribution in [2.45, 2.75) is 32.6 Å². The van der Waals surface area contributed by atoms with Crippen LogP contribution in [0.1, 0.15) is 32.8 Å². The lowest BCUT2D eigenvalue weighted by molar-refractivity contribution is -0.109. The standard InChI is InChI=1S/C17H23NO3/c1-16(2,3)11-18-15(20)21-12-17(9-14(17)10-19)13-7-5-4-6-8-13/h4-8,10,14H,9,11-12H2,1-3H3,(H,18,20)/t14-,17-/m1/s1. The summed E-state index contributed by atoms with van der Waals surface area (Å²) in [7, 11) is 0. The third kappa shape index (κ3) is 3.84. The molecule has 4 heteroatoms. The van der Waals surface area contributed by atoms with E-state index in [4.69, 9.17) is 4.74 Å². The zero-order valence-electron chi connectivity index (χ0n) is 12.9. The van der Waals surface area contributed by atoms with Gasteiger partial charge in [0, 0.05) is 17.9 Å². The molecule has 1 fully saturated rings. The zero-order chi connectivity index (χ0) is 15.5. The molecule has 0 saturated heterocycles. The van der Waals surface area contributed by atoms with E-state index >= 15 is 0 Å². The molecule has 1 N–H and O–H groups in total. The van der Waals surface area contributed by atoms with Crippen LogP contribution in [0.25, 0.3) is 0 Å². The van der Waals surface area contributed by atoms with Gasteiger partial charge in [0.25, 0.3) is 0 Å². The molecular weight excluding hydrogens is 266 g/mol. The predicted molar refractivity (Wildman–Crippen MR) is 81.1 cm³/mol. The SMILES string of the molecule is CC(C)(C)CNC(=O)OC[C@@]1(c2ccccc2)C[C@@H]1C=O. The van der Waals surface area contributed by atoms with Gasteiger partial charge in [0.05, 0.1) is 0 Å². The summed E-state index contributed by atoms with van der Waals surface area (Å²) in [5.74, 6) is -0.0599. The normalized spacial score (nSPS) is 24.2. The summed E-state index contributed by atoms with van der Waals surface area (Å²) in [6, 6.07) is 9.79. The Bertz CT molecular complexity index is 507. The molecule has 0 aliphatic heterocycles. The summed E-state index contributed by atoms with van der Waals surface area (Å²) in [5.41, 5.74) is 0.745. The number of hydrogen-bond donors (Lipinski definition) is 1. The molecule has 2 rings (SSSR count). The second kappa shape index (κ2) is 5.88. The lowest BCUT2D eigenvalue weighted by Crippen LogP contribution is -2.34. The Morgan fingerprint density at radius 2 is 2.05 bits per heavy atom. The summed E-state index contributed by atoms with van der Waals surface area (Å²) < 4.78 is 5.34. The van der Waals surface area contributed by atoms with Gasteiger partial charge < -0.3 is 14.8 Å². The van der Waals surface area contributed by atoms with Gasteiger partial charge in [0.2, 0.25) is 0 Å². The minimum Gasteiger partial charge on any atom is -0.449 e. The van der Waals surface area contributed by atoms with Crippen LogP contribution in [-0.2, 0) is 14.9 Å². The number of hydrogen-bond acceptors (Lipinski definition) is 3. The smallest absolute Gasteiger partial charge is 0.407 e. The van der Waals surface area contributed by atoms with Crippen LogP contribution in [0.5, 0.6) is 0 Å². The van der Waals surface area contributed by atoms with Crippen molar-refractivity contribution < 1.29 is 14.3 Å². The number of nitrogens with one attached hydrogen (secondary N) is 1. The number of aldehydes is 1. The summed E-state index contributed by atoms with van der Waals surface area (Å²) in [5, 5.41) is 2.76. The average Bonchev–Trinajstić information content (AvgIpc) is 3.18. The molecule has 4 nitrogen and oxygen atoms in total. The van der Waals surface area contributed by atoms with Gasteiger partial charge in [0.1, 0.15) is 12.9 Å². The van der Waals surface area contributed by atoms with Gasteiger partial charge >= 0.3 is 6.09 Å². The van der Waals surface area contributed by atoms with Crippen molar-refractivity contribution in [3.8, 4) is 0 Å². The van der Waals surface area contributed by atoms with E-state index in [0.717, 1.165) is 18.3 Å². The molecule has 114 valence electrons. The van der Waals surface area contributed by atoms with Crippen molar-refractivity contribution in [2.24, 2.45) is 11.3 Å². The lowest BCUT2D eigenvalue weighted by atomic mass is 9.94. The zero-order valence-corrected chi connectivity index (χ0v) is 12.9. The highest BCUT2D eigenvalue weighted by Gasteiger charge is 2.56. The maximum atomic E-state index is 11.8. The fourth-order valence-corrected chi connectivity index (χ4v) is 2.45. The Labute approximate surface area is 125 Å². The summed E-state index contributed by atoms with van der Waals surface area (Å²) in [6.07, 6.45) is 1.29. The molecule has 0 radical (unpaired) electrons. The Hall–Kier alpha value is -1.84. The highest BCUT2D eigenvalue weighted by atomic mass is 16.5. The van der Waals surface area contributed by atoms with Crippen LogP contribution in [0.4, 0.5) is 4.79 Å². The van der Waals surface area contributed by atoms with Crippen LogP contribution in [0.3, 0.4) is 0 Å². The Balaban J connectivity index is 1.94. The lowest BCUT2D eigenvalue weighted by Gasteiger charge is -2.20. The molecule has 1 aliphatic rings. The van der Waals surface area contributed by atoms with Crippen molar-refractivity contribution in [3.63, 3.8) is 0 Å². The number of carbonyl (C=O) groups excluding carboxylic acids is 2. The minimum absolute atomic E-state index is 0.0149. The highest BCUT2D eigenvalue weighted by Crippen LogP contribution is 2.53. The van der Waals surface area contributed by atoms with Crippen LogP contribution >= 0.6 is 0 Å². The number of carbonyl (C=O) groups is 2. The van der Waals surface area contributed by atoms with Crippen LogP contribution in [0, 0.1) is 11.3 Å². The van der Waals surface area contributed by atoms with Gasteiger partial charge in [-0.3, -0.25) is 0 Å². The van der Waals surface area contributed by atoms with E-state index in [9.17, 15) is 9.59 Å². The predicted octanol–water partition coefficient (Wildman–Crippen LogP) is 2.92. The molecule has 1 aromatic rings. The van der Waals surface area contributed by atoms with Crippen molar-refractivity contribution >= 4 is 12.4 Å². The molecule has 0 unspecified atom stereocenters. The van der Waals surface area contributed by atoms with Crippen molar-refractivity contribution in [1.82, 2.24) is 5.32 Å². The van der Waals surface area contributed by atoms with Crippen LogP contribution in [0.2, 0.25) is 0 Å². The quantitative estimate of drug-likeness (QED) is 0.848. The molecule has 2 atom stereocenters. The summed E-state index contributed by atoms with van der Waals surface area (Å²) in [4.78, 5) is 22.9. The van der Waals surface area contributed by atoms with E-state index in [0.29, 0.717) is 6.54 Å². The Kier molecular flexibility index (Phi) is 4.35. The summed E-state index contributed by atoms with van der Waals surface area (Å²) in [6.45, 7) is 6.93. The monoisotopic (exact) mass is 289 g/mol. The van der Waals surface area contributed by atoms with E-state index in [-0.39, 0.29) is 23.4 Å². The Morgan fingerprint density at radius 1 is 1.38 bits per heavy atom. The van der Waals surface area contributed by atoms with Crippen molar-refractivity contribution in [2.75, 3.05) is 13.2 Å². The van der Waals surface area contributed by atoms with Crippen molar-refractivity contribution in [3.05, 3.63) is 35.9 Å². The first kappa shape index (κ1) is 15.5. The van der Waals surface area contributed by atoms with Gasteiger partial charge in [-0.05, 0) is 17.4 Å². The summed E-state index contributed by atoms with van der Waals surface area (Å²) >= 11 is 0. The number of amides is 1. The topological polar surface area (TPSA) is 55.4 Å². The van der Waals surface area contributed by atoms with Gasteiger partial charge in [-0.25, -0.2) is 4.79 Å². The number of benzene rings is 1. The third-order valence-electron chi connectivity index (χ3n) is 3.87. The minimum atomic E-state index is -0.420. The van der Waals surface area contributed by atoms with Gasteiger partial charge in [0.15, 0.2) is 0 Å². The molecule has 1 amide bonds. The second-order valence-corrected chi connectivity index (χ2v) is 6.96. The van der Waals surface area contributed by atoms with E-state index in [1.807, 2.05) is 51.1 Å². The van der Waals surface area contributed by atoms with Gasteiger partial charge in [-0.15, -0.1) is 0 Å². The maximum absolute atomic E-state index is 11.8. The number of alkyl carbamates (subject to hydrolysis) is 1. The van der Waals surface area contributed by atoms with E-state index in [1.54, 1.807) is 0 Å². The van der Waals surface area contributed by atoms with Crippen LogP contribution in [0.15, 0.2) is 30.3 Å². The average molecular weight is 289 g/mol. The highest BCUT2D eigenvalue weighted by molar-refractivity contribution is 5.68. The molecule has 1 aliphatic carbocycles. The first-order valence-corrected chi connectivity index (χ1v) is 7.29. The van der Waals surface area contributed by atoms with Gasteiger partial charge in [-0.2, -0.15) is 0 Å². The fourth-order valence-electron chi connectivity index (χ4n) is 2.45. The fraction of sp³-hybridized carbons (Fsp3) is 0.529. The maximum Gasteiger partial charge on any atom is 0.407 e. The largest absolute Gasteiger partial charge is 0.449 e. The van der Waals surface area contributed by atoms with Gasteiger partial charge in [-0.1, -0.05) is 51.1 Å². The number of rotatable bonds is 5.